The van der Waals surface area contributed by atoms with E-state index in [1.165, 1.54) is 29.2 Å². The van der Waals surface area contributed by atoms with Crippen molar-refractivity contribution in [2.45, 2.75) is 23.6 Å². The zero-order chi connectivity index (χ0) is 23.7. The summed E-state index contributed by atoms with van der Waals surface area (Å²) in [5.41, 5.74) is -1.72. The van der Waals surface area contributed by atoms with E-state index in [0.717, 1.165) is 7.14 Å². The van der Waals surface area contributed by atoms with E-state index in [9.17, 15) is 22.0 Å². The molecule has 0 spiro atoms. The van der Waals surface area contributed by atoms with Crippen molar-refractivity contribution >= 4 is 72.5 Å². The summed E-state index contributed by atoms with van der Waals surface area (Å²) in [6.45, 7) is 0. The Morgan fingerprint density at radius 3 is 2.00 bits per heavy atom. The first kappa shape index (κ1) is 23.5. The molecular formula is C24H13BrF5I2N. The second-order valence-corrected chi connectivity index (χ2v) is 11.4. The molecule has 0 N–H and O–H groups in total. The average molecular weight is 744 g/mol. The number of rotatable bonds is 3. The summed E-state index contributed by atoms with van der Waals surface area (Å²) in [5, 5.41) is 0. The average Bonchev–Trinajstić information content (AvgIpc) is 3.35. The Kier molecular flexibility index (Phi) is 5.83. The molecule has 1 heterocycles. The van der Waals surface area contributed by atoms with Crippen LogP contribution >= 0.6 is 61.1 Å². The minimum Gasteiger partial charge on any atom is -0.331 e. The van der Waals surface area contributed by atoms with Crippen molar-refractivity contribution in [2.75, 3.05) is 4.90 Å². The normalized spacial score (nSPS) is 23.2. The zero-order valence-corrected chi connectivity index (χ0v) is 22.4. The van der Waals surface area contributed by atoms with Gasteiger partial charge in [0.15, 0.2) is 0 Å². The van der Waals surface area contributed by atoms with Gasteiger partial charge in [0.2, 0.25) is 0 Å². The van der Waals surface area contributed by atoms with Crippen LogP contribution in [0.15, 0.2) is 77.3 Å². The number of fused-ring (bicyclic) bond motifs is 3. The lowest BCUT2D eigenvalue weighted by atomic mass is 9.87. The number of halogens is 8. The SMILES string of the molecule is FC(F)=C(c1ccc(I)cc1)N1c2ccc(Br)cc2[C@H]2[C@@H]1[C@]2(c1ccc(I)cc1)C(F)(F)F. The third kappa shape index (κ3) is 3.55. The summed E-state index contributed by atoms with van der Waals surface area (Å²) in [5.74, 6) is -0.997. The van der Waals surface area contributed by atoms with E-state index < -0.39 is 35.3 Å². The van der Waals surface area contributed by atoms with Crippen molar-refractivity contribution in [3.63, 3.8) is 0 Å². The number of hydrogen-bond donors (Lipinski definition) is 0. The van der Waals surface area contributed by atoms with E-state index in [-0.39, 0.29) is 11.1 Å². The van der Waals surface area contributed by atoms with Gasteiger partial charge in [-0.1, -0.05) is 40.2 Å². The number of hydrogen-bond acceptors (Lipinski definition) is 1. The monoisotopic (exact) mass is 743 g/mol. The maximum Gasteiger partial charge on any atom is 0.401 e. The summed E-state index contributed by atoms with van der Waals surface area (Å²) in [6.07, 6.45) is -6.66. The van der Waals surface area contributed by atoms with E-state index in [4.69, 9.17) is 0 Å². The van der Waals surface area contributed by atoms with Crippen LogP contribution in [-0.4, -0.2) is 12.2 Å². The molecule has 0 saturated heterocycles. The molecule has 0 aromatic heterocycles. The zero-order valence-electron chi connectivity index (χ0n) is 16.5. The second-order valence-electron chi connectivity index (χ2n) is 7.99. The van der Waals surface area contributed by atoms with Gasteiger partial charge in [0, 0.05) is 28.8 Å². The van der Waals surface area contributed by atoms with Crippen LogP contribution in [-0.2, 0) is 5.41 Å². The van der Waals surface area contributed by atoms with Crippen molar-refractivity contribution in [1.82, 2.24) is 0 Å². The molecule has 9 heteroatoms. The Morgan fingerprint density at radius 2 is 1.45 bits per heavy atom. The lowest BCUT2D eigenvalue weighted by molar-refractivity contribution is -0.163. The topological polar surface area (TPSA) is 3.24 Å². The molecule has 0 amide bonds. The molecule has 1 fully saturated rings. The molecule has 0 bridgehead atoms. The molecule has 3 atom stereocenters. The fraction of sp³-hybridized carbons (Fsp3) is 0.167. The second kappa shape index (κ2) is 8.18. The van der Waals surface area contributed by atoms with E-state index >= 15 is 0 Å². The van der Waals surface area contributed by atoms with E-state index in [0.29, 0.717) is 15.7 Å². The number of nitrogens with zero attached hydrogens (tertiary/aromatic N) is 1. The Hall–Kier alpha value is -1.21. The predicted molar refractivity (Wildman–Crippen MR) is 138 cm³/mol. The third-order valence-electron chi connectivity index (χ3n) is 6.35. The van der Waals surface area contributed by atoms with Crippen LogP contribution in [0, 0.1) is 7.14 Å². The molecule has 5 rings (SSSR count). The molecule has 33 heavy (non-hydrogen) atoms. The fourth-order valence-electron chi connectivity index (χ4n) is 5.07. The molecule has 1 aliphatic heterocycles. The first-order valence-electron chi connectivity index (χ1n) is 9.80. The number of anilines is 1. The molecule has 0 unspecified atom stereocenters. The first-order chi connectivity index (χ1) is 15.6. The van der Waals surface area contributed by atoms with Crippen molar-refractivity contribution in [3.8, 4) is 0 Å². The highest BCUT2D eigenvalue weighted by Gasteiger charge is 2.83. The van der Waals surface area contributed by atoms with Crippen molar-refractivity contribution < 1.29 is 22.0 Å². The van der Waals surface area contributed by atoms with Crippen molar-refractivity contribution in [1.29, 1.82) is 0 Å². The summed E-state index contributed by atoms with van der Waals surface area (Å²) >= 11 is 7.43. The lowest BCUT2D eigenvalue weighted by Gasteiger charge is -2.33. The van der Waals surface area contributed by atoms with Crippen molar-refractivity contribution in [3.05, 3.63) is 101 Å². The van der Waals surface area contributed by atoms with Gasteiger partial charge >= 0.3 is 6.18 Å². The molecule has 170 valence electrons. The lowest BCUT2D eigenvalue weighted by Crippen LogP contribution is -2.40. The van der Waals surface area contributed by atoms with Gasteiger partial charge in [-0.25, -0.2) is 0 Å². The van der Waals surface area contributed by atoms with Crippen LogP contribution in [0.1, 0.15) is 22.6 Å². The van der Waals surface area contributed by atoms with Gasteiger partial charge in [-0.15, -0.1) is 0 Å². The van der Waals surface area contributed by atoms with Gasteiger partial charge in [0.05, 0.1) is 6.04 Å². The van der Waals surface area contributed by atoms with Crippen LogP contribution < -0.4 is 4.90 Å². The Balaban J connectivity index is 1.76. The molecule has 3 aromatic rings. The highest BCUT2D eigenvalue weighted by Crippen LogP contribution is 2.75. The van der Waals surface area contributed by atoms with Crippen LogP contribution in [0.25, 0.3) is 5.70 Å². The standard InChI is InChI=1S/C24H13BrF5I2N/c25-14-5-10-18-17(11-14)19-21(23(19,24(28,29)30)13-3-8-16(32)9-4-13)33(18)20(22(26)27)12-1-6-15(31)7-2-12/h1-11,19,21H/t19-,21+,23+/m0/s1. The summed E-state index contributed by atoms with van der Waals surface area (Å²) in [6, 6.07) is 16.2. The Bertz CT molecular complexity index is 1270. The molecular weight excluding hydrogens is 731 g/mol. The van der Waals surface area contributed by atoms with Gasteiger partial charge in [-0.3, -0.25) is 0 Å². The highest BCUT2D eigenvalue weighted by molar-refractivity contribution is 14.1. The van der Waals surface area contributed by atoms with Crippen molar-refractivity contribution in [2.24, 2.45) is 0 Å². The Labute approximate surface area is 222 Å². The number of benzene rings is 3. The van der Waals surface area contributed by atoms with Crippen LogP contribution in [0.2, 0.25) is 0 Å². The smallest absolute Gasteiger partial charge is 0.331 e. The van der Waals surface area contributed by atoms with E-state index in [1.54, 1.807) is 42.5 Å². The van der Waals surface area contributed by atoms with Crippen LogP contribution in [0.4, 0.5) is 27.6 Å². The third-order valence-corrected chi connectivity index (χ3v) is 8.29. The molecule has 1 aliphatic carbocycles. The number of alkyl halides is 3. The fourth-order valence-corrected chi connectivity index (χ4v) is 6.17. The van der Waals surface area contributed by atoms with Gasteiger partial charge in [-0.2, -0.15) is 22.0 Å². The molecule has 2 aliphatic rings. The van der Waals surface area contributed by atoms with E-state index in [1.807, 2.05) is 22.6 Å². The maximum absolute atomic E-state index is 14.8. The summed E-state index contributed by atoms with van der Waals surface area (Å²) in [4.78, 5) is 1.20. The first-order valence-corrected chi connectivity index (χ1v) is 12.7. The van der Waals surface area contributed by atoms with Gasteiger partial charge in [0.25, 0.3) is 6.08 Å². The van der Waals surface area contributed by atoms with Crippen LogP contribution in [0.3, 0.4) is 0 Å². The minimum atomic E-state index is -4.64. The predicted octanol–water partition coefficient (Wildman–Crippen LogP) is 8.71. The quantitative estimate of drug-likeness (QED) is 0.192. The molecule has 3 aromatic carbocycles. The molecule has 1 saturated carbocycles. The highest BCUT2D eigenvalue weighted by atomic mass is 127. The molecule has 0 radical (unpaired) electrons. The van der Waals surface area contributed by atoms with Gasteiger partial charge in [-0.05, 0) is 98.8 Å². The van der Waals surface area contributed by atoms with Gasteiger partial charge in [0.1, 0.15) is 11.1 Å². The minimum absolute atomic E-state index is 0.0854. The maximum atomic E-state index is 14.8. The summed E-state index contributed by atoms with van der Waals surface area (Å²) in [7, 11) is 0. The Morgan fingerprint density at radius 1 is 0.879 bits per heavy atom. The van der Waals surface area contributed by atoms with Crippen LogP contribution in [0.5, 0.6) is 0 Å². The van der Waals surface area contributed by atoms with Gasteiger partial charge < -0.3 is 4.90 Å². The summed E-state index contributed by atoms with van der Waals surface area (Å²) < 4.78 is 75.7. The molecule has 1 nitrogen and oxygen atoms in total. The largest absolute Gasteiger partial charge is 0.401 e. The van der Waals surface area contributed by atoms with E-state index in [2.05, 4.69) is 38.5 Å².